The molecule has 106 valence electrons. The average molecular weight is 266 g/mol. The molecule has 0 aromatic heterocycles. The average Bonchev–Trinajstić information content (AvgIpc) is 2.72. The van der Waals surface area contributed by atoms with Crippen LogP contribution in [0, 0.1) is 22.7 Å². The molecule has 2 fully saturated rings. The van der Waals surface area contributed by atoms with Crippen LogP contribution in [0.25, 0.3) is 0 Å². The Morgan fingerprint density at radius 3 is 2.84 bits per heavy atom. The summed E-state index contributed by atoms with van der Waals surface area (Å²) >= 11 is 0. The van der Waals surface area contributed by atoms with Crippen molar-refractivity contribution < 1.29 is 19.7 Å². The van der Waals surface area contributed by atoms with Gasteiger partial charge in [-0.05, 0) is 43.1 Å². The van der Waals surface area contributed by atoms with E-state index in [0.717, 1.165) is 25.7 Å². The molecule has 2 aliphatic carbocycles. The van der Waals surface area contributed by atoms with Crippen molar-refractivity contribution in [2.75, 3.05) is 6.61 Å². The Morgan fingerprint density at radius 2 is 2.16 bits per heavy atom. The van der Waals surface area contributed by atoms with E-state index in [1.165, 1.54) is 5.57 Å². The summed E-state index contributed by atoms with van der Waals surface area (Å²) in [5, 5.41) is 19.8. The molecular weight excluding hydrogens is 244 g/mol. The van der Waals surface area contributed by atoms with Crippen molar-refractivity contribution >= 4 is 5.97 Å². The van der Waals surface area contributed by atoms with Gasteiger partial charge in [-0.1, -0.05) is 19.4 Å². The predicted octanol–water partition coefficient (Wildman–Crippen LogP) is 2.18. The lowest BCUT2D eigenvalue weighted by atomic mass is 9.48. The number of allylic oxidation sites excluding steroid dienone is 1. The van der Waals surface area contributed by atoms with Crippen molar-refractivity contribution in [1.29, 1.82) is 0 Å². The van der Waals surface area contributed by atoms with Gasteiger partial charge >= 0.3 is 5.97 Å². The zero-order valence-electron chi connectivity index (χ0n) is 11.6. The van der Waals surface area contributed by atoms with Gasteiger partial charge in [0.25, 0.3) is 0 Å². The largest absolute Gasteiger partial charge is 0.481 e. The van der Waals surface area contributed by atoms with E-state index in [4.69, 9.17) is 4.74 Å². The topological polar surface area (TPSA) is 66.8 Å². The summed E-state index contributed by atoms with van der Waals surface area (Å²) < 4.78 is 5.38. The highest BCUT2D eigenvalue weighted by Crippen LogP contribution is 2.61. The van der Waals surface area contributed by atoms with E-state index in [2.05, 4.69) is 13.0 Å². The molecule has 4 heteroatoms. The van der Waals surface area contributed by atoms with Gasteiger partial charge in [0, 0.05) is 5.92 Å². The first-order valence-corrected chi connectivity index (χ1v) is 7.11. The first-order chi connectivity index (χ1) is 8.89. The lowest BCUT2D eigenvalue weighted by Gasteiger charge is -2.55. The molecule has 4 nitrogen and oxygen atoms in total. The summed E-state index contributed by atoms with van der Waals surface area (Å²) in [6.45, 7) is 4.52. The number of carboxylic acids is 1. The fraction of sp³-hybridized carbons (Fsp3) is 0.800. The van der Waals surface area contributed by atoms with Crippen LogP contribution >= 0.6 is 0 Å². The fourth-order valence-corrected chi connectivity index (χ4v) is 4.83. The zero-order chi connectivity index (χ0) is 13.8. The number of ether oxygens (including phenoxy) is 1. The van der Waals surface area contributed by atoms with Crippen LogP contribution in [-0.2, 0) is 9.53 Å². The second-order valence-corrected chi connectivity index (χ2v) is 6.83. The minimum Gasteiger partial charge on any atom is -0.481 e. The van der Waals surface area contributed by atoms with Crippen LogP contribution in [0.4, 0.5) is 0 Å². The number of carboxylic acid groups (broad SMARTS) is 1. The van der Waals surface area contributed by atoms with Gasteiger partial charge in [-0.15, -0.1) is 0 Å². The van der Waals surface area contributed by atoms with Gasteiger partial charge in [0.1, 0.15) is 0 Å². The molecule has 0 bridgehead atoms. The molecule has 0 aromatic rings. The first-order valence-electron chi connectivity index (χ1n) is 7.11. The summed E-state index contributed by atoms with van der Waals surface area (Å²) in [6.07, 6.45) is 4.75. The van der Waals surface area contributed by atoms with Gasteiger partial charge < -0.3 is 14.9 Å². The maximum absolute atomic E-state index is 11.7. The molecule has 1 heterocycles. The van der Waals surface area contributed by atoms with Crippen LogP contribution in [-0.4, -0.2) is 29.1 Å². The Balaban J connectivity index is 2.05. The molecule has 5 atom stereocenters. The third-order valence-electron chi connectivity index (χ3n) is 5.90. The van der Waals surface area contributed by atoms with Gasteiger partial charge in [0.2, 0.25) is 0 Å². The number of aliphatic hydroxyl groups excluding tert-OH is 1. The monoisotopic (exact) mass is 266 g/mol. The number of fused-ring (bicyclic) bond motifs is 3. The quantitative estimate of drug-likeness (QED) is 0.714. The molecule has 5 unspecified atom stereocenters. The molecule has 19 heavy (non-hydrogen) atoms. The van der Waals surface area contributed by atoms with Crippen LogP contribution < -0.4 is 0 Å². The summed E-state index contributed by atoms with van der Waals surface area (Å²) in [4.78, 5) is 11.7. The number of aliphatic carboxylic acids is 1. The van der Waals surface area contributed by atoms with E-state index in [-0.39, 0.29) is 17.3 Å². The standard InChI is InChI=1S/C15H22O4/c1-14-6-3-7-15(2,13(17)18)10(14)5-4-9-8-19-12(16)11(9)14/h4,10-12,16H,3,5-8H2,1-2H3,(H,17,18). The third-order valence-corrected chi connectivity index (χ3v) is 5.90. The van der Waals surface area contributed by atoms with Crippen molar-refractivity contribution in [3.8, 4) is 0 Å². The summed E-state index contributed by atoms with van der Waals surface area (Å²) in [5.74, 6) is -0.643. The number of aliphatic hydroxyl groups is 1. The minimum absolute atomic E-state index is 0.0229. The van der Waals surface area contributed by atoms with Crippen molar-refractivity contribution in [2.24, 2.45) is 22.7 Å². The van der Waals surface area contributed by atoms with Crippen LogP contribution in [0.2, 0.25) is 0 Å². The number of hydrogen-bond acceptors (Lipinski definition) is 3. The fourth-order valence-electron chi connectivity index (χ4n) is 4.83. The maximum atomic E-state index is 11.7. The SMILES string of the molecule is CC1(C(=O)O)CCCC2(C)C3C(=CCC12)COC3O. The smallest absolute Gasteiger partial charge is 0.309 e. The van der Waals surface area contributed by atoms with Crippen LogP contribution in [0.15, 0.2) is 11.6 Å². The number of hydrogen-bond donors (Lipinski definition) is 2. The molecule has 3 rings (SSSR count). The Hall–Kier alpha value is -0.870. The lowest BCUT2D eigenvalue weighted by Crippen LogP contribution is -2.54. The normalized spacial score (nSPS) is 49.2. The summed E-state index contributed by atoms with van der Waals surface area (Å²) in [7, 11) is 0. The summed E-state index contributed by atoms with van der Waals surface area (Å²) in [6, 6.07) is 0. The third kappa shape index (κ3) is 1.62. The Kier molecular flexibility index (Phi) is 2.81. The van der Waals surface area contributed by atoms with Crippen molar-refractivity contribution in [3.63, 3.8) is 0 Å². The molecule has 1 aliphatic heterocycles. The molecule has 0 amide bonds. The van der Waals surface area contributed by atoms with E-state index >= 15 is 0 Å². The Bertz CT molecular complexity index is 443. The highest BCUT2D eigenvalue weighted by molar-refractivity contribution is 5.75. The number of carbonyl (C=O) groups is 1. The van der Waals surface area contributed by atoms with Gasteiger partial charge in [-0.3, -0.25) is 4.79 Å². The van der Waals surface area contributed by atoms with Crippen LogP contribution in [0.3, 0.4) is 0 Å². The second kappa shape index (κ2) is 4.06. The zero-order valence-corrected chi connectivity index (χ0v) is 11.6. The van der Waals surface area contributed by atoms with Gasteiger partial charge in [0.15, 0.2) is 6.29 Å². The van der Waals surface area contributed by atoms with E-state index in [9.17, 15) is 15.0 Å². The maximum Gasteiger partial charge on any atom is 0.309 e. The first kappa shape index (κ1) is 13.1. The molecule has 2 N–H and O–H groups in total. The second-order valence-electron chi connectivity index (χ2n) is 6.83. The van der Waals surface area contributed by atoms with E-state index in [1.807, 2.05) is 6.92 Å². The van der Waals surface area contributed by atoms with Gasteiger partial charge in [-0.2, -0.15) is 0 Å². The van der Waals surface area contributed by atoms with Crippen molar-refractivity contribution in [3.05, 3.63) is 11.6 Å². The minimum atomic E-state index is -0.768. The molecule has 0 radical (unpaired) electrons. The molecule has 0 aromatic carbocycles. The van der Waals surface area contributed by atoms with E-state index < -0.39 is 17.7 Å². The van der Waals surface area contributed by atoms with Crippen LogP contribution in [0.5, 0.6) is 0 Å². The predicted molar refractivity (Wildman–Crippen MR) is 69.3 cm³/mol. The molecule has 1 saturated carbocycles. The van der Waals surface area contributed by atoms with Crippen molar-refractivity contribution in [1.82, 2.24) is 0 Å². The Morgan fingerprint density at radius 1 is 1.42 bits per heavy atom. The highest BCUT2D eigenvalue weighted by Gasteiger charge is 2.60. The number of rotatable bonds is 1. The van der Waals surface area contributed by atoms with Crippen LogP contribution in [0.1, 0.15) is 39.5 Å². The molecule has 0 spiro atoms. The highest BCUT2D eigenvalue weighted by atomic mass is 16.6. The van der Waals surface area contributed by atoms with E-state index in [0.29, 0.717) is 6.61 Å². The molecule has 1 saturated heterocycles. The lowest BCUT2D eigenvalue weighted by molar-refractivity contribution is -0.172. The van der Waals surface area contributed by atoms with E-state index in [1.54, 1.807) is 0 Å². The molecule has 3 aliphatic rings. The Labute approximate surface area is 113 Å². The van der Waals surface area contributed by atoms with Gasteiger partial charge in [-0.25, -0.2) is 0 Å². The van der Waals surface area contributed by atoms with Gasteiger partial charge in [0.05, 0.1) is 12.0 Å². The van der Waals surface area contributed by atoms with Crippen molar-refractivity contribution in [2.45, 2.75) is 45.8 Å². The summed E-state index contributed by atoms with van der Waals surface area (Å²) in [5.41, 5.74) is 0.323. The molecular formula is C15H22O4.